The number of para-hydroxylation sites is 1. The van der Waals surface area contributed by atoms with Crippen LogP contribution in [0.2, 0.25) is 0 Å². The Labute approximate surface area is 231 Å². The molecular weight excluding hydrogens is 482 g/mol. The van der Waals surface area contributed by atoms with E-state index < -0.39 is 0 Å². The van der Waals surface area contributed by atoms with E-state index in [0.717, 1.165) is 36.9 Å². The van der Waals surface area contributed by atoms with Gasteiger partial charge in [-0.25, -0.2) is 4.68 Å². The van der Waals surface area contributed by atoms with Crippen LogP contribution in [0.3, 0.4) is 0 Å². The lowest BCUT2D eigenvalue weighted by Gasteiger charge is -2.08. The first kappa shape index (κ1) is 26.7. The van der Waals surface area contributed by atoms with Crippen molar-refractivity contribution < 1.29 is 9.53 Å². The highest BCUT2D eigenvalue weighted by Gasteiger charge is 2.13. The third kappa shape index (κ3) is 5.93. The number of hydrogen-bond donors (Lipinski definition) is 0. The second-order valence-corrected chi connectivity index (χ2v) is 10.4. The van der Waals surface area contributed by atoms with Crippen molar-refractivity contribution in [2.75, 3.05) is 6.61 Å². The highest BCUT2D eigenvalue weighted by Crippen LogP contribution is 2.33. The van der Waals surface area contributed by atoms with Crippen LogP contribution in [0, 0.1) is 0 Å². The molecule has 202 valence electrons. The Balaban J connectivity index is 1.37. The van der Waals surface area contributed by atoms with E-state index in [1.807, 2.05) is 12.1 Å². The highest BCUT2D eigenvalue weighted by atomic mass is 16.5. The Morgan fingerprint density at radius 2 is 1.49 bits per heavy atom. The number of benzene rings is 3. The molecule has 0 bridgehead atoms. The Morgan fingerprint density at radius 1 is 0.769 bits per heavy atom. The van der Waals surface area contributed by atoms with Crippen molar-refractivity contribution in [3.05, 3.63) is 78.5 Å². The van der Waals surface area contributed by atoms with Gasteiger partial charge in [0.05, 0.1) is 17.9 Å². The van der Waals surface area contributed by atoms with Crippen molar-refractivity contribution in [2.45, 2.75) is 71.8 Å². The molecule has 0 aliphatic rings. The fraction of sp³-hybridized carbons (Fsp3) is 0.353. The van der Waals surface area contributed by atoms with Gasteiger partial charge in [0.1, 0.15) is 0 Å². The van der Waals surface area contributed by atoms with Crippen LogP contribution < -0.4 is 4.74 Å². The van der Waals surface area contributed by atoms with Crippen LogP contribution in [0.1, 0.15) is 75.6 Å². The molecule has 39 heavy (non-hydrogen) atoms. The summed E-state index contributed by atoms with van der Waals surface area (Å²) in [5.74, 6) is 0.405. The lowest BCUT2D eigenvalue weighted by atomic mass is 10.0. The van der Waals surface area contributed by atoms with Crippen LogP contribution in [0.25, 0.3) is 38.6 Å². The zero-order valence-corrected chi connectivity index (χ0v) is 23.2. The second-order valence-electron chi connectivity index (χ2n) is 10.4. The van der Waals surface area contributed by atoms with E-state index in [1.165, 1.54) is 65.9 Å². The summed E-state index contributed by atoms with van der Waals surface area (Å²) in [6, 6.07) is 23.9. The molecule has 3 aromatic carbocycles. The monoisotopic (exact) mass is 521 g/mol. The molecule has 2 heterocycles. The lowest BCUT2D eigenvalue weighted by Crippen LogP contribution is -2.00. The molecule has 5 nitrogen and oxygen atoms in total. The van der Waals surface area contributed by atoms with Crippen molar-refractivity contribution in [2.24, 2.45) is 0 Å². The lowest BCUT2D eigenvalue weighted by molar-refractivity contribution is 0.111. The summed E-state index contributed by atoms with van der Waals surface area (Å²) in [6.45, 7) is 6.07. The SMILES string of the molecule is CCCCCCOc1nn(-c2ccc(-c3ccc4c(c3)c3ccccc3n4CCCCCC)cc2)cc1C=O. The van der Waals surface area contributed by atoms with Gasteiger partial charge in [-0.15, -0.1) is 5.10 Å². The van der Waals surface area contributed by atoms with E-state index in [9.17, 15) is 4.79 Å². The number of rotatable bonds is 14. The Hall–Kier alpha value is -3.86. The van der Waals surface area contributed by atoms with E-state index in [2.05, 4.69) is 78.1 Å². The molecule has 0 atom stereocenters. The zero-order chi connectivity index (χ0) is 27.0. The molecule has 5 aromatic rings. The average Bonchev–Trinajstić information content (AvgIpc) is 3.54. The number of carbonyl (C=O) groups excluding carboxylic acids is 1. The van der Waals surface area contributed by atoms with Gasteiger partial charge in [0, 0.05) is 34.5 Å². The molecule has 0 N–H and O–H groups in total. The van der Waals surface area contributed by atoms with E-state index >= 15 is 0 Å². The van der Waals surface area contributed by atoms with Gasteiger partial charge in [0.2, 0.25) is 5.88 Å². The number of aldehydes is 1. The number of unbranched alkanes of at least 4 members (excludes halogenated alkanes) is 6. The van der Waals surface area contributed by atoms with Gasteiger partial charge in [-0.1, -0.05) is 88.8 Å². The zero-order valence-electron chi connectivity index (χ0n) is 23.2. The fourth-order valence-electron chi connectivity index (χ4n) is 5.37. The quantitative estimate of drug-likeness (QED) is 0.108. The van der Waals surface area contributed by atoms with Crippen LogP contribution in [-0.2, 0) is 6.54 Å². The Bertz CT molecular complexity index is 1530. The average molecular weight is 522 g/mol. The van der Waals surface area contributed by atoms with Gasteiger partial charge >= 0.3 is 0 Å². The summed E-state index contributed by atoms with van der Waals surface area (Å²) in [6.07, 6.45) is 12.0. The molecule has 5 rings (SSSR count). The molecule has 0 saturated carbocycles. The molecule has 0 aliphatic carbocycles. The molecule has 5 heteroatoms. The standard InChI is InChI=1S/C34H39N3O2/c1-3-5-7-11-21-36-32-14-10-9-13-30(32)31-23-27(17-20-33(31)36)26-15-18-29(19-16-26)37-24-28(25-38)34(35-37)39-22-12-8-6-4-2/h9-10,13-20,23-25H,3-8,11-12,21-22H2,1-2H3. The maximum atomic E-state index is 11.6. The van der Waals surface area contributed by atoms with Crippen LogP contribution in [0.15, 0.2) is 72.9 Å². The van der Waals surface area contributed by atoms with Crippen LogP contribution >= 0.6 is 0 Å². The fourth-order valence-corrected chi connectivity index (χ4v) is 5.37. The summed E-state index contributed by atoms with van der Waals surface area (Å²) in [5, 5.41) is 7.15. The third-order valence-corrected chi connectivity index (χ3v) is 7.54. The normalized spacial score (nSPS) is 11.4. The summed E-state index contributed by atoms with van der Waals surface area (Å²) in [5.41, 5.74) is 6.32. The predicted octanol–water partition coefficient (Wildman–Crippen LogP) is 9.00. The molecule has 0 amide bonds. The summed E-state index contributed by atoms with van der Waals surface area (Å²) < 4.78 is 10.0. The first-order chi connectivity index (χ1) is 19.2. The number of aryl methyl sites for hydroxylation is 1. The van der Waals surface area contributed by atoms with Crippen molar-refractivity contribution in [1.82, 2.24) is 14.3 Å². The van der Waals surface area contributed by atoms with Crippen LogP contribution in [0.4, 0.5) is 0 Å². The number of carbonyl (C=O) groups is 1. The van der Waals surface area contributed by atoms with Gasteiger partial charge in [0.15, 0.2) is 6.29 Å². The van der Waals surface area contributed by atoms with Crippen molar-refractivity contribution in [1.29, 1.82) is 0 Å². The summed E-state index contributed by atoms with van der Waals surface area (Å²) >= 11 is 0. The van der Waals surface area contributed by atoms with Gasteiger partial charge in [-0.2, -0.15) is 0 Å². The Morgan fingerprint density at radius 3 is 2.26 bits per heavy atom. The van der Waals surface area contributed by atoms with Gasteiger partial charge < -0.3 is 9.30 Å². The van der Waals surface area contributed by atoms with Crippen LogP contribution in [-0.4, -0.2) is 27.2 Å². The van der Waals surface area contributed by atoms with Gasteiger partial charge in [0.25, 0.3) is 0 Å². The third-order valence-electron chi connectivity index (χ3n) is 7.54. The Kier molecular flexibility index (Phi) is 8.77. The predicted molar refractivity (Wildman–Crippen MR) is 161 cm³/mol. The maximum Gasteiger partial charge on any atom is 0.243 e. The maximum absolute atomic E-state index is 11.6. The molecule has 0 spiro atoms. The molecular formula is C34H39N3O2. The van der Waals surface area contributed by atoms with Gasteiger partial charge in [-0.3, -0.25) is 4.79 Å². The molecule has 0 saturated heterocycles. The van der Waals surface area contributed by atoms with E-state index in [4.69, 9.17) is 4.74 Å². The molecule has 0 aliphatic heterocycles. The number of hydrogen-bond acceptors (Lipinski definition) is 3. The minimum atomic E-state index is 0.405. The number of fused-ring (bicyclic) bond motifs is 3. The van der Waals surface area contributed by atoms with Gasteiger partial charge in [-0.05, 0) is 54.3 Å². The molecule has 0 unspecified atom stereocenters. The first-order valence-electron chi connectivity index (χ1n) is 14.5. The minimum absolute atomic E-state index is 0.405. The second kappa shape index (κ2) is 12.8. The summed E-state index contributed by atoms with van der Waals surface area (Å²) in [7, 11) is 0. The van der Waals surface area contributed by atoms with E-state index in [-0.39, 0.29) is 0 Å². The highest BCUT2D eigenvalue weighted by molar-refractivity contribution is 6.09. The number of ether oxygens (including phenoxy) is 1. The number of aromatic nitrogens is 3. The molecule has 0 radical (unpaired) electrons. The largest absolute Gasteiger partial charge is 0.476 e. The van der Waals surface area contributed by atoms with Crippen LogP contribution in [0.5, 0.6) is 5.88 Å². The number of nitrogens with zero attached hydrogens (tertiary/aromatic N) is 3. The molecule has 0 fully saturated rings. The topological polar surface area (TPSA) is 49.0 Å². The van der Waals surface area contributed by atoms with Crippen molar-refractivity contribution >= 4 is 28.1 Å². The minimum Gasteiger partial charge on any atom is -0.476 e. The van der Waals surface area contributed by atoms with E-state index in [1.54, 1.807) is 10.9 Å². The van der Waals surface area contributed by atoms with Crippen molar-refractivity contribution in [3.63, 3.8) is 0 Å². The molecule has 2 aromatic heterocycles. The first-order valence-corrected chi connectivity index (χ1v) is 14.5. The van der Waals surface area contributed by atoms with Crippen molar-refractivity contribution in [3.8, 4) is 22.7 Å². The smallest absolute Gasteiger partial charge is 0.243 e. The van der Waals surface area contributed by atoms with E-state index in [0.29, 0.717) is 18.1 Å². The summed E-state index contributed by atoms with van der Waals surface area (Å²) in [4.78, 5) is 11.6.